The highest BCUT2D eigenvalue weighted by atomic mass is 35.5. The average Bonchev–Trinajstić information content (AvgIpc) is 3.16. The number of rotatable bonds is 4. The molecule has 6 nitrogen and oxygen atoms in total. The lowest BCUT2D eigenvalue weighted by molar-refractivity contribution is -0.128. The van der Waals surface area contributed by atoms with Crippen molar-refractivity contribution in [2.24, 2.45) is 0 Å². The van der Waals surface area contributed by atoms with E-state index in [0.717, 1.165) is 31.5 Å². The van der Waals surface area contributed by atoms with Gasteiger partial charge in [-0.05, 0) is 25.0 Å². The highest BCUT2D eigenvalue weighted by Crippen LogP contribution is 2.21. The molecule has 3 rings (SSSR count). The van der Waals surface area contributed by atoms with Crippen molar-refractivity contribution in [3.63, 3.8) is 0 Å². The smallest absolute Gasteiger partial charge is 0.322 e. The van der Waals surface area contributed by atoms with Gasteiger partial charge in [0.25, 0.3) is 0 Å². The van der Waals surface area contributed by atoms with Crippen LogP contribution in [0.1, 0.15) is 12.8 Å². The normalized spacial score (nSPS) is 14.4. The predicted octanol–water partition coefficient (Wildman–Crippen LogP) is 2.42. The Bertz CT molecular complexity index is 637. The van der Waals surface area contributed by atoms with Crippen LogP contribution in [-0.4, -0.2) is 40.6 Å². The molecule has 1 fully saturated rings. The van der Waals surface area contributed by atoms with E-state index in [1.54, 1.807) is 12.1 Å². The van der Waals surface area contributed by atoms with Crippen LogP contribution in [0.2, 0.25) is 5.02 Å². The molecule has 110 valence electrons. The van der Waals surface area contributed by atoms with Crippen LogP contribution in [0.5, 0.6) is 0 Å². The molecule has 2 aromatic rings. The minimum atomic E-state index is 0.0509. The van der Waals surface area contributed by atoms with Gasteiger partial charge in [-0.25, -0.2) is 0 Å². The fraction of sp³-hybridized carbons (Fsp3) is 0.357. The van der Waals surface area contributed by atoms with Crippen LogP contribution in [-0.2, 0) is 4.79 Å². The number of benzene rings is 1. The fourth-order valence-electron chi connectivity index (χ4n) is 2.27. The lowest BCUT2D eigenvalue weighted by Gasteiger charge is -2.14. The maximum absolute atomic E-state index is 11.9. The lowest BCUT2D eigenvalue weighted by Crippen LogP contribution is -2.33. The van der Waals surface area contributed by atoms with E-state index in [2.05, 4.69) is 15.5 Å². The van der Waals surface area contributed by atoms with Crippen LogP contribution in [0.15, 0.2) is 28.8 Å². The van der Waals surface area contributed by atoms with Crippen molar-refractivity contribution >= 4 is 23.5 Å². The van der Waals surface area contributed by atoms with Gasteiger partial charge in [0.1, 0.15) is 0 Å². The summed E-state index contributed by atoms with van der Waals surface area (Å²) >= 11 is 5.92. The quantitative estimate of drug-likeness (QED) is 0.939. The first kappa shape index (κ1) is 13.9. The molecule has 7 heteroatoms. The number of carbonyl (C=O) groups is 1. The van der Waals surface area contributed by atoms with Crippen LogP contribution in [0.4, 0.5) is 6.01 Å². The van der Waals surface area contributed by atoms with E-state index in [1.807, 2.05) is 17.0 Å². The third-order valence-electron chi connectivity index (χ3n) is 3.36. The number of aromatic nitrogens is 2. The van der Waals surface area contributed by atoms with Crippen molar-refractivity contribution in [1.82, 2.24) is 15.0 Å². The number of nitrogens with zero attached hydrogens (tertiary/aromatic N) is 3. The van der Waals surface area contributed by atoms with Gasteiger partial charge in [-0.2, -0.15) is 4.98 Å². The molecule has 1 aliphatic rings. The Hall–Kier alpha value is -2.08. The molecule has 1 aromatic carbocycles. The van der Waals surface area contributed by atoms with Crippen LogP contribution in [0, 0.1) is 0 Å². The molecule has 0 aliphatic carbocycles. The monoisotopic (exact) mass is 306 g/mol. The zero-order chi connectivity index (χ0) is 14.7. The number of amides is 1. The second kappa shape index (κ2) is 6.13. The molecule has 0 radical (unpaired) electrons. The Kier molecular flexibility index (Phi) is 4.06. The molecule has 0 saturated carbocycles. The molecule has 0 unspecified atom stereocenters. The molecule has 1 N–H and O–H groups in total. The molecule has 0 bridgehead atoms. The number of hydrogen-bond donors (Lipinski definition) is 1. The Labute approximate surface area is 127 Å². The second-order valence-electron chi connectivity index (χ2n) is 4.87. The fourth-order valence-corrected chi connectivity index (χ4v) is 2.46. The van der Waals surface area contributed by atoms with E-state index in [1.165, 1.54) is 0 Å². The first-order valence-corrected chi connectivity index (χ1v) is 7.21. The van der Waals surface area contributed by atoms with Crippen molar-refractivity contribution in [2.75, 3.05) is 25.0 Å². The zero-order valence-corrected chi connectivity index (χ0v) is 12.1. The van der Waals surface area contributed by atoms with Gasteiger partial charge < -0.3 is 14.7 Å². The van der Waals surface area contributed by atoms with Gasteiger partial charge in [-0.3, -0.25) is 4.79 Å². The van der Waals surface area contributed by atoms with E-state index < -0.39 is 0 Å². The summed E-state index contributed by atoms with van der Waals surface area (Å²) in [6, 6.07) is 7.43. The van der Waals surface area contributed by atoms with Gasteiger partial charge in [0.2, 0.25) is 11.7 Å². The summed E-state index contributed by atoms with van der Waals surface area (Å²) in [6.07, 6.45) is 2.15. The van der Waals surface area contributed by atoms with Gasteiger partial charge in [0.15, 0.2) is 0 Å². The van der Waals surface area contributed by atoms with Crippen molar-refractivity contribution in [3.05, 3.63) is 29.3 Å². The summed E-state index contributed by atoms with van der Waals surface area (Å²) in [7, 11) is 0. The summed E-state index contributed by atoms with van der Waals surface area (Å²) in [5.74, 6) is 0.489. The van der Waals surface area contributed by atoms with Crippen LogP contribution < -0.4 is 5.32 Å². The largest absolute Gasteiger partial charge is 0.341 e. The number of carbonyl (C=O) groups excluding carboxylic acids is 1. The highest BCUT2D eigenvalue weighted by Gasteiger charge is 2.18. The molecule has 0 atom stereocenters. The maximum atomic E-state index is 11.9. The molecule has 21 heavy (non-hydrogen) atoms. The lowest BCUT2D eigenvalue weighted by atomic mass is 10.2. The summed E-state index contributed by atoms with van der Waals surface area (Å²) in [4.78, 5) is 17.9. The van der Waals surface area contributed by atoms with E-state index in [4.69, 9.17) is 16.1 Å². The Morgan fingerprint density at radius 3 is 2.95 bits per heavy atom. The molecular formula is C14H15ClN4O2. The molecule has 2 heterocycles. The number of hydrogen-bond acceptors (Lipinski definition) is 5. The van der Waals surface area contributed by atoms with Gasteiger partial charge >= 0.3 is 6.01 Å². The summed E-state index contributed by atoms with van der Waals surface area (Å²) < 4.78 is 5.09. The first-order chi connectivity index (χ1) is 10.2. The summed E-state index contributed by atoms with van der Waals surface area (Å²) in [5.41, 5.74) is 0.769. The Morgan fingerprint density at radius 1 is 1.38 bits per heavy atom. The standard InChI is InChI=1S/C14H15ClN4O2/c15-11-5-3-4-10(8-11)13-17-14(21-18-13)16-9-12(20)19-6-1-2-7-19/h3-5,8H,1-2,6-7,9H2,(H,16,17,18). The molecule has 0 spiro atoms. The van der Waals surface area contributed by atoms with Crippen molar-refractivity contribution in [1.29, 1.82) is 0 Å². The topological polar surface area (TPSA) is 71.3 Å². The van der Waals surface area contributed by atoms with Gasteiger partial charge in [-0.1, -0.05) is 28.9 Å². The minimum absolute atomic E-state index is 0.0509. The van der Waals surface area contributed by atoms with Crippen molar-refractivity contribution in [3.8, 4) is 11.4 Å². The maximum Gasteiger partial charge on any atom is 0.322 e. The Morgan fingerprint density at radius 2 is 2.19 bits per heavy atom. The van der Waals surface area contributed by atoms with Gasteiger partial charge in [-0.15, -0.1) is 0 Å². The number of halogens is 1. The molecule has 1 saturated heterocycles. The van der Waals surface area contributed by atoms with Crippen molar-refractivity contribution in [2.45, 2.75) is 12.8 Å². The summed E-state index contributed by atoms with van der Waals surface area (Å²) in [6.45, 7) is 1.83. The molecule has 1 aliphatic heterocycles. The number of nitrogens with one attached hydrogen (secondary N) is 1. The van der Waals surface area contributed by atoms with Crippen molar-refractivity contribution < 1.29 is 9.32 Å². The average molecular weight is 307 g/mol. The SMILES string of the molecule is O=C(CNc1nc(-c2cccc(Cl)c2)no1)N1CCCC1. The van der Waals surface area contributed by atoms with Gasteiger partial charge in [0, 0.05) is 23.7 Å². The Balaban J connectivity index is 1.61. The predicted molar refractivity (Wildman–Crippen MR) is 79.0 cm³/mol. The minimum Gasteiger partial charge on any atom is -0.341 e. The second-order valence-corrected chi connectivity index (χ2v) is 5.31. The zero-order valence-electron chi connectivity index (χ0n) is 11.4. The molecule has 1 amide bonds. The molecule has 1 aromatic heterocycles. The van der Waals surface area contributed by atoms with E-state index in [9.17, 15) is 4.79 Å². The van der Waals surface area contributed by atoms with E-state index in [-0.39, 0.29) is 18.5 Å². The third kappa shape index (κ3) is 3.33. The number of anilines is 1. The third-order valence-corrected chi connectivity index (χ3v) is 3.59. The number of likely N-dealkylation sites (tertiary alicyclic amines) is 1. The molecular weight excluding hydrogens is 292 g/mol. The first-order valence-electron chi connectivity index (χ1n) is 6.84. The van der Waals surface area contributed by atoms with E-state index in [0.29, 0.717) is 10.8 Å². The van der Waals surface area contributed by atoms with Crippen LogP contribution in [0.25, 0.3) is 11.4 Å². The van der Waals surface area contributed by atoms with E-state index >= 15 is 0 Å². The highest BCUT2D eigenvalue weighted by molar-refractivity contribution is 6.30. The van der Waals surface area contributed by atoms with Crippen LogP contribution >= 0.6 is 11.6 Å². The van der Waals surface area contributed by atoms with Crippen LogP contribution in [0.3, 0.4) is 0 Å². The van der Waals surface area contributed by atoms with Gasteiger partial charge in [0.05, 0.1) is 6.54 Å². The summed E-state index contributed by atoms with van der Waals surface area (Å²) in [5, 5.41) is 7.34.